The van der Waals surface area contributed by atoms with E-state index >= 15 is 0 Å². The number of aryl methyl sites for hydroxylation is 2. The Labute approximate surface area is 165 Å². The van der Waals surface area contributed by atoms with Crippen molar-refractivity contribution >= 4 is 23.6 Å². The fraction of sp³-hybridized carbons (Fsp3) is 0.200. The molecule has 0 saturated carbocycles. The first-order chi connectivity index (χ1) is 13.2. The zero-order chi connectivity index (χ0) is 20.5. The number of benzene rings is 1. The summed E-state index contributed by atoms with van der Waals surface area (Å²) in [5, 5.41) is 4.75. The molecule has 28 heavy (non-hydrogen) atoms. The average molecular weight is 407 g/mol. The number of rotatable bonds is 4. The van der Waals surface area contributed by atoms with Gasteiger partial charge in [-0.2, -0.15) is 18.3 Å². The summed E-state index contributed by atoms with van der Waals surface area (Å²) >= 11 is 6.14. The quantitative estimate of drug-likeness (QED) is 0.432. The van der Waals surface area contributed by atoms with E-state index in [9.17, 15) is 13.2 Å². The predicted octanol–water partition coefficient (Wildman–Crippen LogP) is 5.92. The van der Waals surface area contributed by atoms with Gasteiger partial charge in [0.25, 0.3) is 0 Å². The van der Waals surface area contributed by atoms with Crippen molar-refractivity contribution in [3.8, 4) is 5.69 Å². The van der Waals surface area contributed by atoms with E-state index < -0.39 is 11.7 Å². The molecule has 0 unspecified atom stereocenters. The van der Waals surface area contributed by atoms with Crippen molar-refractivity contribution in [2.24, 2.45) is 5.10 Å². The van der Waals surface area contributed by atoms with Crippen LogP contribution in [0.2, 0.25) is 5.02 Å². The van der Waals surface area contributed by atoms with Crippen molar-refractivity contribution in [1.29, 1.82) is 0 Å². The van der Waals surface area contributed by atoms with Gasteiger partial charge in [0.05, 0.1) is 11.8 Å². The molecular weight excluding hydrogens is 389 g/mol. The van der Waals surface area contributed by atoms with Gasteiger partial charge in [0.1, 0.15) is 5.82 Å². The Morgan fingerprint density at radius 1 is 1.11 bits per heavy atom. The van der Waals surface area contributed by atoms with Gasteiger partial charge in [0.15, 0.2) is 0 Å². The molecule has 3 aromatic rings. The first-order valence-electron chi connectivity index (χ1n) is 8.44. The van der Waals surface area contributed by atoms with E-state index in [1.54, 1.807) is 6.21 Å². The summed E-state index contributed by atoms with van der Waals surface area (Å²) in [7, 11) is 0. The standard InChI is InChI=1S/C20H18ClF3N4/c1-12-4-6-17(21)9-18(12)28-13(2)8-15(14(28)3)10-26-27-19-7-5-16(11-25-19)20(22,23)24/h4-11H,1-3H3,(H,25,27)/b26-10-. The second kappa shape index (κ2) is 7.67. The van der Waals surface area contributed by atoms with Gasteiger partial charge in [0.2, 0.25) is 0 Å². The van der Waals surface area contributed by atoms with Crippen LogP contribution >= 0.6 is 11.6 Å². The highest BCUT2D eigenvalue weighted by Crippen LogP contribution is 2.29. The average Bonchev–Trinajstić information content (AvgIpc) is 2.90. The molecule has 0 fully saturated rings. The maximum atomic E-state index is 12.6. The molecule has 0 radical (unpaired) electrons. The summed E-state index contributed by atoms with van der Waals surface area (Å²) in [4.78, 5) is 3.73. The van der Waals surface area contributed by atoms with Crippen LogP contribution in [0.1, 0.15) is 28.1 Å². The lowest BCUT2D eigenvalue weighted by molar-refractivity contribution is -0.137. The molecule has 4 nitrogen and oxygen atoms in total. The summed E-state index contributed by atoms with van der Waals surface area (Å²) in [6, 6.07) is 9.88. The smallest absolute Gasteiger partial charge is 0.318 e. The van der Waals surface area contributed by atoms with Gasteiger partial charge in [-0.1, -0.05) is 17.7 Å². The molecule has 2 heterocycles. The molecule has 0 spiro atoms. The van der Waals surface area contributed by atoms with Crippen molar-refractivity contribution in [1.82, 2.24) is 9.55 Å². The van der Waals surface area contributed by atoms with Gasteiger partial charge in [-0.25, -0.2) is 4.98 Å². The third kappa shape index (κ3) is 4.20. The number of halogens is 4. The minimum atomic E-state index is -4.41. The van der Waals surface area contributed by atoms with E-state index in [0.29, 0.717) is 5.02 Å². The number of hydrogen-bond donors (Lipinski definition) is 1. The van der Waals surface area contributed by atoms with Crippen molar-refractivity contribution < 1.29 is 13.2 Å². The van der Waals surface area contributed by atoms with Gasteiger partial charge in [-0.05, 0) is 56.7 Å². The third-order valence-electron chi connectivity index (χ3n) is 4.36. The largest absolute Gasteiger partial charge is 0.417 e. The highest BCUT2D eigenvalue weighted by Gasteiger charge is 2.30. The zero-order valence-corrected chi connectivity index (χ0v) is 16.2. The minimum Gasteiger partial charge on any atom is -0.318 e. The molecule has 0 bridgehead atoms. The maximum Gasteiger partial charge on any atom is 0.417 e. The van der Waals surface area contributed by atoms with Gasteiger partial charge in [-0.3, -0.25) is 5.43 Å². The molecule has 0 amide bonds. The molecule has 0 atom stereocenters. The van der Waals surface area contributed by atoms with E-state index in [0.717, 1.165) is 40.5 Å². The van der Waals surface area contributed by atoms with E-state index in [1.807, 2.05) is 45.0 Å². The fourth-order valence-electron chi connectivity index (χ4n) is 2.91. The summed E-state index contributed by atoms with van der Waals surface area (Å²) in [5.74, 6) is 0.226. The number of hydrogen-bond acceptors (Lipinski definition) is 3. The van der Waals surface area contributed by atoms with E-state index in [4.69, 9.17) is 11.6 Å². The van der Waals surface area contributed by atoms with Crippen LogP contribution in [0.4, 0.5) is 19.0 Å². The second-order valence-electron chi connectivity index (χ2n) is 6.39. The molecule has 146 valence electrons. The number of nitrogens with one attached hydrogen (secondary N) is 1. The van der Waals surface area contributed by atoms with Gasteiger partial charge in [-0.15, -0.1) is 0 Å². The zero-order valence-electron chi connectivity index (χ0n) is 15.5. The summed E-state index contributed by atoms with van der Waals surface area (Å²) < 4.78 is 39.8. The topological polar surface area (TPSA) is 42.2 Å². The Morgan fingerprint density at radius 2 is 1.86 bits per heavy atom. The van der Waals surface area contributed by atoms with Crippen LogP contribution in [0.5, 0.6) is 0 Å². The fourth-order valence-corrected chi connectivity index (χ4v) is 3.07. The Hall–Kier alpha value is -2.80. The van der Waals surface area contributed by atoms with Crippen LogP contribution in [-0.2, 0) is 6.18 Å². The highest BCUT2D eigenvalue weighted by molar-refractivity contribution is 6.30. The molecule has 0 aliphatic carbocycles. The van der Waals surface area contributed by atoms with Gasteiger partial charge >= 0.3 is 6.18 Å². The maximum absolute atomic E-state index is 12.6. The van der Waals surface area contributed by atoms with E-state index in [1.165, 1.54) is 6.07 Å². The van der Waals surface area contributed by atoms with Crippen molar-refractivity contribution in [3.05, 3.63) is 75.7 Å². The minimum absolute atomic E-state index is 0.226. The molecule has 1 aromatic carbocycles. The van der Waals surface area contributed by atoms with Crippen molar-refractivity contribution in [3.63, 3.8) is 0 Å². The molecule has 1 N–H and O–H groups in total. The monoisotopic (exact) mass is 406 g/mol. The number of hydrazone groups is 1. The normalized spacial score (nSPS) is 12.0. The Bertz CT molecular complexity index is 1020. The van der Waals surface area contributed by atoms with Crippen LogP contribution in [0.25, 0.3) is 5.69 Å². The SMILES string of the molecule is Cc1ccc(Cl)cc1-n1c(C)cc(/C=N\Nc2ccc(C(F)(F)F)cn2)c1C. The third-order valence-corrected chi connectivity index (χ3v) is 4.59. The molecule has 0 aliphatic heterocycles. The molecule has 0 aliphatic rings. The number of nitrogens with zero attached hydrogens (tertiary/aromatic N) is 3. The summed E-state index contributed by atoms with van der Waals surface area (Å²) in [6.45, 7) is 5.96. The van der Waals surface area contributed by atoms with Crippen LogP contribution in [0, 0.1) is 20.8 Å². The van der Waals surface area contributed by atoms with Gasteiger partial charge < -0.3 is 4.57 Å². The first-order valence-corrected chi connectivity index (χ1v) is 8.82. The first kappa shape index (κ1) is 19.9. The van der Waals surface area contributed by atoms with Crippen LogP contribution < -0.4 is 5.43 Å². The lowest BCUT2D eigenvalue weighted by Gasteiger charge is -2.13. The highest BCUT2D eigenvalue weighted by atomic mass is 35.5. The molecular formula is C20H18ClF3N4. The molecule has 3 rings (SSSR count). The van der Waals surface area contributed by atoms with Crippen LogP contribution in [-0.4, -0.2) is 15.8 Å². The Balaban J connectivity index is 1.81. The number of pyridine rings is 1. The van der Waals surface area contributed by atoms with Crippen LogP contribution in [0.3, 0.4) is 0 Å². The van der Waals surface area contributed by atoms with E-state index in [-0.39, 0.29) is 5.82 Å². The molecule has 0 saturated heterocycles. The lowest BCUT2D eigenvalue weighted by atomic mass is 10.2. The Morgan fingerprint density at radius 3 is 2.50 bits per heavy atom. The lowest BCUT2D eigenvalue weighted by Crippen LogP contribution is -2.05. The second-order valence-corrected chi connectivity index (χ2v) is 6.83. The van der Waals surface area contributed by atoms with Crippen molar-refractivity contribution in [2.45, 2.75) is 26.9 Å². The number of anilines is 1. The predicted molar refractivity (Wildman–Crippen MR) is 105 cm³/mol. The number of aromatic nitrogens is 2. The van der Waals surface area contributed by atoms with Crippen molar-refractivity contribution in [2.75, 3.05) is 5.43 Å². The molecule has 8 heteroatoms. The van der Waals surface area contributed by atoms with Gasteiger partial charge in [0, 0.05) is 33.9 Å². The summed E-state index contributed by atoms with van der Waals surface area (Å²) in [5.41, 5.74) is 6.77. The summed E-state index contributed by atoms with van der Waals surface area (Å²) in [6.07, 6.45) is -2.03. The van der Waals surface area contributed by atoms with Crippen LogP contribution in [0.15, 0.2) is 47.7 Å². The molecule has 2 aromatic heterocycles. The Kier molecular flexibility index (Phi) is 5.47. The van der Waals surface area contributed by atoms with E-state index in [2.05, 4.69) is 20.1 Å². The number of alkyl halides is 3.